The number of thiol groups is 2. The third-order valence-electron chi connectivity index (χ3n) is 4.71. The van der Waals surface area contributed by atoms with Gasteiger partial charge in [-0.1, -0.05) is 24.3 Å². The van der Waals surface area contributed by atoms with Crippen LogP contribution in [0.2, 0.25) is 0 Å². The van der Waals surface area contributed by atoms with Gasteiger partial charge in [-0.2, -0.15) is 25.3 Å². The van der Waals surface area contributed by atoms with E-state index in [2.05, 4.69) is 54.3 Å². The maximum absolute atomic E-state index is 12.1. The Morgan fingerprint density at radius 3 is 2.00 bits per heavy atom. The van der Waals surface area contributed by atoms with E-state index >= 15 is 0 Å². The molecule has 0 spiro atoms. The molecule has 1 aliphatic rings. The fourth-order valence-corrected chi connectivity index (χ4v) is 3.66. The first-order valence-electron chi connectivity index (χ1n) is 10.6. The van der Waals surface area contributed by atoms with Crippen molar-refractivity contribution in [1.29, 1.82) is 0 Å². The van der Waals surface area contributed by atoms with Crippen LogP contribution in [-0.2, 0) is 16.0 Å². The smallest absolute Gasteiger partial charge is 0.321 e. The summed E-state index contributed by atoms with van der Waals surface area (Å²) in [5, 5.41) is 36.1. The Balaban J connectivity index is 0.000000330. The summed E-state index contributed by atoms with van der Waals surface area (Å²) in [6, 6.07) is 7.77. The van der Waals surface area contributed by atoms with E-state index in [1.54, 1.807) is 11.9 Å². The Bertz CT molecular complexity index is 1120. The first-order chi connectivity index (χ1) is 17.4. The minimum absolute atomic E-state index is 0.0400. The number of Topliss-reactive ketones (excluding diaryl/α,β-unsaturated/α-hetero) is 1. The number of hydrogen-bond donors (Lipinski definition) is 10. The van der Waals surface area contributed by atoms with Gasteiger partial charge in [-0.15, -0.1) is 0 Å². The van der Waals surface area contributed by atoms with Crippen molar-refractivity contribution in [2.75, 3.05) is 11.5 Å². The maximum Gasteiger partial charge on any atom is 0.321 e. The number of nitrogens with two attached hydrogens (primary N) is 3. The molecule has 11 nitrogen and oxygen atoms in total. The van der Waals surface area contributed by atoms with Gasteiger partial charge in [0.15, 0.2) is 17.3 Å². The summed E-state index contributed by atoms with van der Waals surface area (Å²) >= 11 is 9.19. The molecule has 11 N–H and O–H groups in total. The van der Waals surface area contributed by atoms with E-state index in [0.29, 0.717) is 0 Å². The van der Waals surface area contributed by atoms with Crippen molar-refractivity contribution in [2.45, 2.75) is 29.4 Å². The summed E-state index contributed by atoms with van der Waals surface area (Å²) < 4.78 is 3.08. The fourth-order valence-electron chi connectivity index (χ4n) is 2.67. The lowest BCUT2D eigenvalue weighted by Crippen LogP contribution is -2.35. The number of hydrogen-bond acceptors (Lipinski definition) is 12. The number of nitrogens with one attached hydrogen (secondary N) is 1. The Morgan fingerprint density at radius 2 is 1.49 bits per heavy atom. The summed E-state index contributed by atoms with van der Waals surface area (Å²) in [6.45, 7) is 0. The molecule has 1 aliphatic heterocycles. The SMILES string of the molecule is C1=Cc2ccccc2SN1.NC(CS)C(=O)O.NC(Cc1ccc(O)c(O)c1C(=O)[C@H](N)CS)C(=O)O. The van der Waals surface area contributed by atoms with Crippen LogP contribution in [0.1, 0.15) is 21.5 Å². The number of phenolic OH excluding ortho intramolecular Hbond substituents is 2. The second kappa shape index (κ2) is 16.1. The van der Waals surface area contributed by atoms with Gasteiger partial charge in [0.25, 0.3) is 0 Å². The molecule has 3 rings (SSSR count). The third-order valence-corrected chi connectivity index (χ3v) is 6.34. The fraction of sp³-hybridized carbons (Fsp3) is 0.261. The molecule has 37 heavy (non-hydrogen) atoms. The van der Waals surface area contributed by atoms with E-state index in [0.717, 1.165) is 6.07 Å². The first-order valence-corrected chi connectivity index (χ1v) is 12.7. The van der Waals surface area contributed by atoms with Crippen LogP contribution in [0.25, 0.3) is 6.08 Å². The number of carboxylic acid groups (broad SMARTS) is 2. The van der Waals surface area contributed by atoms with E-state index in [1.807, 2.05) is 12.3 Å². The van der Waals surface area contributed by atoms with E-state index in [-0.39, 0.29) is 29.1 Å². The number of fused-ring (bicyclic) bond motifs is 1. The van der Waals surface area contributed by atoms with Gasteiger partial charge in [0.2, 0.25) is 0 Å². The van der Waals surface area contributed by atoms with E-state index < -0.39 is 47.3 Å². The van der Waals surface area contributed by atoms with Crippen molar-refractivity contribution < 1.29 is 34.8 Å². The highest BCUT2D eigenvalue weighted by molar-refractivity contribution is 7.97. The van der Waals surface area contributed by atoms with Crippen LogP contribution >= 0.6 is 37.2 Å². The summed E-state index contributed by atoms with van der Waals surface area (Å²) in [5.74, 6) is -3.78. The van der Waals surface area contributed by atoms with Gasteiger partial charge in [-0.05, 0) is 47.7 Å². The summed E-state index contributed by atoms with van der Waals surface area (Å²) in [4.78, 5) is 33.9. The molecule has 0 saturated carbocycles. The number of carboxylic acids is 2. The van der Waals surface area contributed by atoms with Crippen molar-refractivity contribution >= 4 is 61.0 Å². The lowest BCUT2D eigenvalue weighted by Gasteiger charge is -2.16. The summed E-state index contributed by atoms with van der Waals surface area (Å²) in [7, 11) is 0. The molecule has 2 aromatic carbocycles. The molecule has 1 heterocycles. The van der Waals surface area contributed by atoms with Gasteiger partial charge in [0, 0.05) is 22.6 Å². The van der Waals surface area contributed by atoms with Crippen LogP contribution in [0, 0.1) is 0 Å². The quantitative estimate of drug-likeness (QED) is 0.0932. The first kappa shape index (κ1) is 32.1. The van der Waals surface area contributed by atoms with Gasteiger partial charge in [0.1, 0.15) is 12.1 Å². The predicted octanol–water partition coefficient (Wildman–Crippen LogP) is 1.09. The third kappa shape index (κ3) is 10.2. The van der Waals surface area contributed by atoms with Gasteiger partial charge < -0.3 is 42.3 Å². The zero-order chi connectivity index (χ0) is 28.1. The van der Waals surface area contributed by atoms with Crippen molar-refractivity contribution in [1.82, 2.24) is 4.72 Å². The van der Waals surface area contributed by atoms with Gasteiger partial charge in [0.05, 0.1) is 11.6 Å². The average molecular weight is 571 g/mol. The molecule has 0 aromatic heterocycles. The van der Waals surface area contributed by atoms with Crippen LogP contribution in [-0.4, -0.2) is 67.8 Å². The lowest BCUT2D eigenvalue weighted by atomic mass is 9.94. The highest BCUT2D eigenvalue weighted by Gasteiger charge is 2.25. The maximum atomic E-state index is 12.1. The number of carbonyl (C=O) groups excluding carboxylic acids is 1. The van der Waals surface area contributed by atoms with Gasteiger partial charge >= 0.3 is 11.9 Å². The average Bonchev–Trinajstić information content (AvgIpc) is 2.90. The molecule has 0 saturated heterocycles. The normalized spacial score (nSPS) is 13.8. The van der Waals surface area contributed by atoms with Gasteiger partial charge in [-0.3, -0.25) is 14.4 Å². The molecule has 202 valence electrons. The molecular formula is C23H30N4O7S3. The number of aliphatic carboxylic acids is 2. The van der Waals surface area contributed by atoms with Gasteiger partial charge in [-0.25, -0.2) is 0 Å². The zero-order valence-electron chi connectivity index (χ0n) is 19.5. The van der Waals surface area contributed by atoms with Crippen molar-refractivity contribution in [2.24, 2.45) is 17.2 Å². The number of phenols is 2. The molecule has 0 radical (unpaired) electrons. The zero-order valence-corrected chi connectivity index (χ0v) is 22.1. The lowest BCUT2D eigenvalue weighted by molar-refractivity contribution is -0.139. The second-order valence-corrected chi connectivity index (χ2v) is 9.10. The molecule has 14 heteroatoms. The Hall–Kier alpha value is -2.88. The minimum Gasteiger partial charge on any atom is -0.504 e. The standard InChI is InChI=1S/C12H16N2O5S.C8H7NS.C3H7NO2S/c13-6(12(18)19)3-5-1-2-8(15)11(17)9(5)10(16)7(14)4-20;1-2-4-8-7(3-1)5-6-9-10-8;4-2(1-7)3(5)6/h1-2,6-7,15,17,20H,3-4,13-14H2,(H,18,19);1-6,9H;2,7H,1,4H2,(H,5,6)/t6?,7-;;/m1../s1. The summed E-state index contributed by atoms with van der Waals surface area (Å²) in [6.07, 6.45) is 3.85. The van der Waals surface area contributed by atoms with Crippen LogP contribution in [0.4, 0.5) is 0 Å². The van der Waals surface area contributed by atoms with E-state index in [4.69, 9.17) is 27.4 Å². The molecule has 0 aliphatic carbocycles. The molecular weight excluding hydrogens is 540 g/mol. The molecule has 0 bridgehead atoms. The topological polar surface area (TPSA) is 222 Å². The molecule has 3 atom stereocenters. The molecule has 0 amide bonds. The van der Waals surface area contributed by atoms with Crippen LogP contribution in [0.15, 0.2) is 47.5 Å². The Kier molecular flexibility index (Phi) is 14.0. The molecule has 0 fully saturated rings. The van der Waals surface area contributed by atoms with Crippen LogP contribution in [0.5, 0.6) is 11.5 Å². The number of rotatable bonds is 8. The summed E-state index contributed by atoms with van der Waals surface area (Å²) in [5.41, 5.74) is 17.2. The van der Waals surface area contributed by atoms with Crippen molar-refractivity contribution in [3.05, 3.63) is 59.3 Å². The highest BCUT2D eigenvalue weighted by Crippen LogP contribution is 2.33. The second-order valence-electron chi connectivity index (χ2n) is 7.49. The van der Waals surface area contributed by atoms with E-state index in [9.17, 15) is 24.6 Å². The Morgan fingerprint density at radius 1 is 0.892 bits per heavy atom. The Labute approximate surface area is 229 Å². The largest absolute Gasteiger partial charge is 0.504 e. The van der Waals surface area contributed by atoms with Crippen LogP contribution in [0.3, 0.4) is 0 Å². The minimum atomic E-state index is -1.24. The number of benzene rings is 2. The van der Waals surface area contributed by atoms with Crippen LogP contribution < -0.4 is 21.9 Å². The molecule has 2 aromatic rings. The number of ketones is 1. The van der Waals surface area contributed by atoms with Crippen molar-refractivity contribution in [3.8, 4) is 11.5 Å². The monoisotopic (exact) mass is 570 g/mol. The number of carbonyl (C=O) groups is 3. The number of aromatic hydroxyl groups is 2. The predicted molar refractivity (Wildman–Crippen MR) is 149 cm³/mol. The van der Waals surface area contributed by atoms with Crippen molar-refractivity contribution in [3.63, 3.8) is 0 Å². The van der Waals surface area contributed by atoms with E-state index in [1.165, 1.54) is 16.5 Å². The highest BCUT2D eigenvalue weighted by atomic mass is 32.2. The molecule has 2 unspecified atom stereocenters.